The van der Waals surface area contributed by atoms with Crippen LogP contribution in [-0.2, 0) is 0 Å². The summed E-state index contributed by atoms with van der Waals surface area (Å²) >= 11 is 1.99. The molecule has 0 fully saturated rings. The van der Waals surface area contributed by atoms with E-state index in [4.69, 9.17) is 5.14 Å². The molecule has 0 atom stereocenters. The van der Waals surface area contributed by atoms with Crippen LogP contribution in [0.5, 0.6) is 0 Å². The van der Waals surface area contributed by atoms with E-state index in [2.05, 4.69) is 4.72 Å². The van der Waals surface area contributed by atoms with Crippen LogP contribution in [0.4, 0.5) is 14.5 Å². The third kappa shape index (κ3) is 3.16. The van der Waals surface area contributed by atoms with Crippen molar-refractivity contribution in [2.75, 3.05) is 4.72 Å². The van der Waals surface area contributed by atoms with Gasteiger partial charge in [-0.15, -0.1) is 0 Å². The molecule has 0 saturated heterocycles. The van der Waals surface area contributed by atoms with E-state index in [-0.39, 0.29) is 5.82 Å². The minimum atomic E-state index is -0.408. The molecule has 2 nitrogen and oxygen atoms in total. The smallest absolute Gasteiger partial charge is 0.161 e. The van der Waals surface area contributed by atoms with Gasteiger partial charge in [0.1, 0.15) is 5.82 Å². The van der Waals surface area contributed by atoms with Crippen LogP contribution in [0.15, 0.2) is 52.3 Å². The van der Waals surface area contributed by atoms with Crippen LogP contribution in [0.3, 0.4) is 0 Å². The molecule has 18 heavy (non-hydrogen) atoms. The molecule has 2 aromatic carbocycles. The summed E-state index contributed by atoms with van der Waals surface area (Å²) in [5.74, 6) is -0.734. The number of rotatable bonds is 4. The molecule has 0 bridgehead atoms. The van der Waals surface area contributed by atoms with Gasteiger partial charge in [-0.3, -0.25) is 5.14 Å². The molecule has 0 heterocycles. The molecule has 0 aliphatic rings. The van der Waals surface area contributed by atoms with Gasteiger partial charge in [0.25, 0.3) is 0 Å². The Hall–Kier alpha value is -1.24. The minimum Gasteiger partial charge on any atom is -0.323 e. The summed E-state index contributed by atoms with van der Waals surface area (Å²) in [6.07, 6.45) is 0. The third-order valence-corrected chi connectivity index (χ3v) is 3.55. The van der Waals surface area contributed by atoms with Crippen LogP contribution >= 0.6 is 23.9 Å². The van der Waals surface area contributed by atoms with E-state index in [1.165, 1.54) is 12.1 Å². The molecule has 0 aliphatic heterocycles. The van der Waals surface area contributed by atoms with Gasteiger partial charge in [-0.05, 0) is 54.2 Å². The lowest BCUT2D eigenvalue weighted by atomic mass is 10.3. The summed E-state index contributed by atoms with van der Waals surface area (Å²) in [4.78, 5) is 1.03. The Morgan fingerprint density at radius 2 is 1.83 bits per heavy atom. The first-order valence-corrected chi connectivity index (χ1v) is 6.74. The molecular formula is C12H10F2N2S2. The fraction of sp³-hybridized carbons (Fsp3) is 0. The van der Waals surface area contributed by atoms with Gasteiger partial charge >= 0.3 is 0 Å². The maximum Gasteiger partial charge on any atom is 0.161 e. The van der Waals surface area contributed by atoms with Crippen molar-refractivity contribution in [2.45, 2.75) is 9.79 Å². The van der Waals surface area contributed by atoms with Crippen molar-refractivity contribution in [3.05, 3.63) is 54.1 Å². The van der Waals surface area contributed by atoms with Crippen LogP contribution in [0.2, 0.25) is 0 Å². The largest absolute Gasteiger partial charge is 0.323 e. The van der Waals surface area contributed by atoms with Crippen molar-refractivity contribution >= 4 is 29.6 Å². The number of benzene rings is 2. The van der Waals surface area contributed by atoms with Gasteiger partial charge in [0.05, 0.1) is 10.6 Å². The van der Waals surface area contributed by atoms with Crippen molar-refractivity contribution in [3.8, 4) is 0 Å². The zero-order valence-electron chi connectivity index (χ0n) is 9.19. The first-order valence-electron chi connectivity index (χ1n) is 5.04. The lowest BCUT2D eigenvalue weighted by Gasteiger charge is -2.08. The second-order valence-corrected chi connectivity index (χ2v) is 4.95. The fourth-order valence-corrected chi connectivity index (χ4v) is 2.40. The van der Waals surface area contributed by atoms with Gasteiger partial charge in [-0.1, -0.05) is 12.1 Å². The average Bonchev–Trinajstić information content (AvgIpc) is 2.38. The van der Waals surface area contributed by atoms with Crippen molar-refractivity contribution in [3.63, 3.8) is 0 Å². The molecule has 0 saturated carbocycles. The molecule has 3 N–H and O–H groups in total. The highest BCUT2D eigenvalue weighted by Gasteiger charge is 2.07. The van der Waals surface area contributed by atoms with Gasteiger partial charge in [-0.25, -0.2) is 8.78 Å². The van der Waals surface area contributed by atoms with Crippen molar-refractivity contribution in [2.24, 2.45) is 5.14 Å². The minimum absolute atomic E-state index is 0.319. The molecule has 0 unspecified atom stereocenters. The van der Waals surface area contributed by atoms with Gasteiger partial charge in [0, 0.05) is 4.90 Å². The van der Waals surface area contributed by atoms with E-state index in [9.17, 15) is 8.78 Å². The van der Waals surface area contributed by atoms with E-state index in [0.717, 1.165) is 23.9 Å². The normalized spacial score (nSPS) is 10.4. The Bertz CT molecular complexity index is 549. The molecule has 0 spiro atoms. The molecule has 0 aromatic heterocycles. The third-order valence-electron chi connectivity index (χ3n) is 2.17. The summed E-state index contributed by atoms with van der Waals surface area (Å²) in [5.41, 5.74) is 0.319. The Kier molecular flexibility index (Phi) is 4.46. The highest BCUT2D eigenvalue weighted by Crippen LogP contribution is 2.28. The highest BCUT2D eigenvalue weighted by molar-refractivity contribution is 8.00. The summed E-state index contributed by atoms with van der Waals surface area (Å²) in [5, 5.41) is 5.34. The van der Waals surface area contributed by atoms with Crippen LogP contribution in [0.1, 0.15) is 0 Å². The second kappa shape index (κ2) is 6.08. The SMILES string of the molecule is NSc1cccc(NSc2cccc(F)c2)c1F. The molecule has 94 valence electrons. The average molecular weight is 284 g/mol. The number of hydrogen-bond donors (Lipinski definition) is 2. The van der Waals surface area contributed by atoms with E-state index in [0.29, 0.717) is 15.5 Å². The molecule has 2 aromatic rings. The van der Waals surface area contributed by atoms with Gasteiger partial charge in [0.15, 0.2) is 5.82 Å². The fourth-order valence-electron chi connectivity index (χ4n) is 1.33. The topological polar surface area (TPSA) is 38.0 Å². The molecule has 2 rings (SSSR count). The zero-order chi connectivity index (χ0) is 13.0. The Balaban J connectivity index is 2.11. The zero-order valence-corrected chi connectivity index (χ0v) is 10.8. The standard InChI is InChI=1S/C12H10F2N2S2/c13-8-3-1-4-9(7-8)18-16-10-5-2-6-11(17-15)12(10)14/h1-7,16H,15H2. The first kappa shape index (κ1) is 13.2. The van der Waals surface area contributed by atoms with Gasteiger partial charge in [-0.2, -0.15) is 0 Å². The number of nitrogens with two attached hydrogens (primary N) is 1. The van der Waals surface area contributed by atoms with Crippen LogP contribution in [0.25, 0.3) is 0 Å². The number of anilines is 1. The number of halogens is 2. The van der Waals surface area contributed by atoms with Crippen LogP contribution < -0.4 is 9.86 Å². The van der Waals surface area contributed by atoms with E-state index in [1.54, 1.807) is 30.3 Å². The molecule has 0 radical (unpaired) electrons. The van der Waals surface area contributed by atoms with Crippen LogP contribution in [-0.4, -0.2) is 0 Å². The van der Waals surface area contributed by atoms with Crippen molar-refractivity contribution < 1.29 is 8.78 Å². The second-order valence-electron chi connectivity index (χ2n) is 3.40. The van der Waals surface area contributed by atoms with Crippen molar-refractivity contribution in [1.29, 1.82) is 0 Å². The Labute approximate surface area is 112 Å². The monoisotopic (exact) mass is 284 g/mol. The molecule has 0 amide bonds. The van der Waals surface area contributed by atoms with E-state index >= 15 is 0 Å². The lowest BCUT2D eigenvalue weighted by molar-refractivity contribution is 0.607. The summed E-state index contributed by atoms with van der Waals surface area (Å²) in [7, 11) is 0. The van der Waals surface area contributed by atoms with Gasteiger partial charge < -0.3 is 4.72 Å². The predicted molar refractivity (Wildman–Crippen MR) is 72.3 cm³/mol. The maximum absolute atomic E-state index is 13.8. The number of nitrogens with one attached hydrogen (secondary N) is 1. The number of hydrogen-bond acceptors (Lipinski definition) is 4. The highest BCUT2D eigenvalue weighted by atomic mass is 32.2. The summed E-state index contributed by atoms with van der Waals surface area (Å²) in [6, 6.07) is 11.0. The quantitative estimate of drug-likeness (QED) is 0.831. The Morgan fingerprint density at radius 3 is 2.56 bits per heavy atom. The molecular weight excluding hydrogens is 274 g/mol. The van der Waals surface area contributed by atoms with E-state index in [1.807, 2.05) is 0 Å². The Morgan fingerprint density at radius 1 is 1.06 bits per heavy atom. The predicted octanol–water partition coefficient (Wildman–Crippen LogP) is 4.05. The van der Waals surface area contributed by atoms with Crippen molar-refractivity contribution in [1.82, 2.24) is 0 Å². The van der Waals surface area contributed by atoms with E-state index < -0.39 is 5.82 Å². The van der Waals surface area contributed by atoms with Gasteiger partial charge in [0.2, 0.25) is 0 Å². The van der Waals surface area contributed by atoms with Crippen LogP contribution in [0, 0.1) is 11.6 Å². The summed E-state index contributed by atoms with van der Waals surface area (Å²) < 4.78 is 29.6. The first-order chi connectivity index (χ1) is 8.70. The molecule has 6 heteroatoms. The summed E-state index contributed by atoms with van der Waals surface area (Å²) in [6.45, 7) is 0. The molecule has 0 aliphatic carbocycles. The maximum atomic E-state index is 13.8. The lowest BCUT2D eigenvalue weighted by Crippen LogP contribution is -1.94.